The van der Waals surface area contributed by atoms with E-state index in [2.05, 4.69) is 5.32 Å². The zero-order valence-electron chi connectivity index (χ0n) is 11.7. The number of carbonyl (C=O) groups excluding carboxylic acids is 1. The molecule has 8 nitrogen and oxygen atoms in total. The molecule has 0 radical (unpaired) electrons. The summed E-state index contributed by atoms with van der Waals surface area (Å²) in [5.74, 6) is -0.158. The molecule has 1 amide bonds. The minimum Gasteiger partial charge on any atom is -0.490 e. The number of methoxy groups -OCH3 is 1. The standard InChI is InChI=1S/C14H14N2O6/c1-21-12-5-4-9(7-10(12)16(19)20)14(18)15-8-11(17)13-3-2-6-22-13/h2-7,11,17H,8H2,1H3,(H,15,18). The first kappa shape index (κ1) is 15.5. The molecule has 2 N–H and O–H groups in total. The summed E-state index contributed by atoms with van der Waals surface area (Å²) in [6, 6.07) is 7.06. The number of benzene rings is 1. The maximum absolute atomic E-state index is 12.0. The summed E-state index contributed by atoms with van der Waals surface area (Å²) >= 11 is 0. The maximum atomic E-state index is 12.0. The van der Waals surface area contributed by atoms with Gasteiger partial charge in [-0.15, -0.1) is 0 Å². The second-order valence-corrected chi connectivity index (χ2v) is 4.38. The summed E-state index contributed by atoms with van der Waals surface area (Å²) in [7, 11) is 1.31. The van der Waals surface area contributed by atoms with E-state index in [1.807, 2.05) is 0 Å². The normalized spacial score (nSPS) is 11.7. The van der Waals surface area contributed by atoms with Crippen molar-refractivity contribution in [1.82, 2.24) is 5.32 Å². The van der Waals surface area contributed by atoms with Crippen molar-refractivity contribution >= 4 is 11.6 Å². The summed E-state index contributed by atoms with van der Waals surface area (Å²) in [5, 5.41) is 23.2. The zero-order chi connectivity index (χ0) is 16.1. The van der Waals surface area contributed by atoms with Gasteiger partial charge in [-0.1, -0.05) is 0 Å². The molecule has 0 saturated carbocycles. The number of rotatable bonds is 6. The van der Waals surface area contributed by atoms with Gasteiger partial charge in [0.15, 0.2) is 5.75 Å². The van der Waals surface area contributed by atoms with Gasteiger partial charge in [-0.2, -0.15) is 0 Å². The highest BCUT2D eigenvalue weighted by Crippen LogP contribution is 2.27. The maximum Gasteiger partial charge on any atom is 0.311 e. The van der Waals surface area contributed by atoms with E-state index in [1.54, 1.807) is 12.1 Å². The van der Waals surface area contributed by atoms with Crippen molar-refractivity contribution in [3.8, 4) is 5.75 Å². The molecule has 1 heterocycles. The van der Waals surface area contributed by atoms with E-state index < -0.39 is 16.9 Å². The number of nitro benzene ring substituents is 1. The Bertz CT molecular complexity index is 668. The van der Waals surface area contributed by atoms with Gasteiger partial charge in [-0.3, -0.25) is 14.9 Å². The third-order valence-corrected chi connectivity index (χ3v) is 2.97. The summed E-state index contributed by atoms with van der Waals surface area (Å²) in [5.41, 5.74) is -0.208. The van der Waals surface area contributed by atoms with Gasteiger partial charge in [0.2, 0.25) is 0 Å². The monoisotopic (exact) mass is 306 g/mol. The molecule has 1 aromatic heterocycles. The van der Waals surface area contributed by atoms with Gasteiger partial charge in [-0.05, 0) is 24.3 Å². The van der Waals surface area contributed by atoms with Crippen molar-refractivity contribution in [1.29, 1.82) is 0 Å². The molecule has 2 rings (SSSR count). The topological polar surface area (TPSA) is 115 Å². The van der Waals surface area contributed by atoms with E-state index in [0.717, 1.165) is 6.07 Å². The Morgan fingerprint density at radius 2 is 2.27 bits per heavy atom. The van der Waals surface area contributed by atoms with Gasteiger partial charge in [0.25, 0.3) is 5.91 Å². The molecule has 0 saturated heterocycles. The molecule has 0 aliphatic carbocycles. The zero-order valence-corrected chi connectivity index (χ0v) is 11.7. The Labute approximate surface area is 125 Å². The smallest absolute Gasteiger partial charge is 0.311 e. The molecule has 1 unspecified atom stereocenters. The van der Waals surface area contributed by atoms with Gasteiger partial charge in [0, 0.05) is 11.6 Å². The van der Waals surface area contributed by atoms with E-state index in [0.29, 0.717) is 5.76 Å². The van der Waals surface area contributed by atoms with Crippen molar-refractivity contribution < 1.29 is 24.0 Å². The second kappa shape index (κ2) is 6.72. The van der Waals surface area contributed by atoms with Crippen LogP contribution in [0.25, 0.3) is 0 Å². The molecule has 0 spiro atoms. The summed E-state index contributed by atoms with van der Waals surface area (Å²) in [6.07, 6.45) is 0.417. The summed E-state index contributed by atoms with van der Waals surface area (Å²) in [4.78, 5) is 22.3. The van der Waals surface area contributed by atoms with Crippen molar-refractivity contribution in [2.75, 3.05) is 13.7 Å². The minimum absolute atomic E-state index is 0.0668. The molecule has 22 heavy (non-hydrogen) atoms. The van der Waals surface area contributed by atoms with E-state index in [4.69, 9.17) is 9.15 Å². The molecular weight excluding hydrogens is 292 g/mol. The van der Waals surface area contributed by atoms with Crippen molar-refractivity contribution in [3.05, 3.63) is 58.0 Å². The number of amides is 1. The number of hydrogen-bond acceptors (Lipinski definition) is 6. The van der Waals surface area contributed by atoms with Gasteiger partial charge in [0.1, 0.15) is 11.9 Å². The Morgan fingerprint density at radius 3 is 2.86 bits per heavy atom. The fraction of sp³-hybridized carbons (Fsp3) is 0.214. The van der Waals surface area contributed by atoms with Crippen LogP contribution in [0.15, 0.2) is 41.0 Å². The van der Waals surface area contributed by atoms with E-state index in [9.17, 15) is 20.0 Å². The first-order chi connectivity index (χ1) is 10.5. The molecular formula is C14H14N2O6. The van der Waals surface area contributed by atoms with Crippen molar-refractivity contribution in [2.45, 2.75) is 6.10 Å². The van der Waals surface area contributed by atoms with Crippen LogP contribution < -0.4 is 10.1 Å². The highest BCUT2D eigenvalue weighted by molar-refractivity contribution is 5.95. The molecule has 1 atom stereocenters. The average Bonchev–Trinajstić information content (AvgIpc) is 3.06. The highest BCUT2D eigenvalue weighted by atomic mass is 16.6. The quantitative estimate of drug-likeness (QED) is 0.619. The Balaban J connectivity index is 2.06. The fourth-order valence-electron chi connectivity index (χ4n) is 1.85. The molecule has 0 fully saturated rings. The SMILES string of the molecule is COc1ccc(C(=O)NCC(O)c2ccco2)cc1[N+](=O)[O-]. The third kappa shape index (κ3) is 3.41. The lowest BCUT2D eigenvalue weighted by atomic mass is 10.1. The van der Waals surface area contributed by atoms with E-state index in [-0.39, 0.29) is 23.5 Å². The molecule has 0 aliphatic heterocycles. The lowest BCUT2D eigenvalue weighted by molar-refractivity contribution is -0.385. The largest absolute Gasteiger partial charge is 0.490 e. The van der Waals surface area contributed by atoms with Gasteiger partial charge < -0.3 is 19.6 Å². The second-order valence-electron chi connectivity index (χ2n) is 4.38. The minimum atomic E-state index is -0.993. The Hall–Kier alpha value is -2.87. The molecule has 0 bridgehead atoms. The first-order valence-corrected chi connectivity index (χ1v) is 6.35. The van der Waals surface area contributed by atoms with E-state index in [1.165, 1.54) is 25.5 Å². The number of ether oxygens (including phenoxy) is 1. The molecule has 2 aromatic rings. The average molecular weight is 306 g/mol. The number of carbonyl (C=O) groups is 1. The van der Waals surface area contributed by atoms with Crippen LogP contribution in [-0.2, 0) is 0 Å². The van der Waals surface area contributed by atoms with Crippen LogP contribution in [0, 0.1) is 10.1 Å². The van der Waals surface area contributed by atoms with Crippen LogP contribution >= 0.6 is 0 Å². The number of aliphatic hydroxyl groups excluding tert-OH is 1. The van der Waals surface area contributed by atoms with Crippen LogP contribution in [-0.4, -0.2) is 29.6 Å². The first-order valence-electron chi connectivity index (χ1n) is 6.35. The van der Waals surface area contributed by atoms with Crippen LogP contribution in [0.4, 0.5) is 5.69 Å². The molecule has 0 aliphatic rings. The van der Waals surface area contributed by atoms with Crippen LogP contribution in [0.1, 0.15) is 22.2 Å². The fourth-order valence-corrected chi connectivity index (χ4v) is 1.85. The number of nitro groups is 1. The lowest BCUT2D eigenvalue weighted by Crippen LogP contribution is -2.28. The number of furan rings is 1. The Morgan fingerprint density at radius 1 is 1.50 bits per heavy atom. The van der Waals surface area contributed by atoms with Crippen LogP contribution in [0.2, 0.25) is 0 Å². The van der Waals surface area contributed by atoms with Gasteiger partial charge >= 0.3 is 5.69 Å². The predicted molar refractivity (Wildman–Crippen MR) is 75.6 cm³/mol. The van der Waals surface area contributed by atoms with Crippen molar-refractivity contribution in [2.24, 2.45) is 0 Å². The Kier molecular flexibility index (Phi) is 4.74. The van der Waals surface area contributed by atoms with Crippen LogP contribution in [0.5, 0.6) is 5.75 Å². The van der Waals surface area contributed by atoms with Gasteiger partial charge in [-0.25, -0.2) is 0 Å². The predicted octanol–water partition coefficient (Wildman–Crippen LogP) is 1.66. The van der Waals surface area contributed by atoms with Gasteiger partial charge in [0.05, 0.1) is 24.8 Å². The number of hydrogen-bond donors (Lipinski definition) is 2. The number of aliphatic hydroxyl groups is 1. The van der Waals surface area contributed by atoms with E-state index >= 15 is 0 Å². The lowest BCUT2D eigenvalue weighted by Gasteiger charge is -2.10. The molecule has 116 valence electrons. The number of nitrogens with zero attached hydrogens (tertiary/aromatic N) is 1. The summed E-state index contributed by atoms with van der Waals surface area (Å²) < 4.78 is 9.87. The third-order valence-electron chi connectivity index (χ3n) is 2.97. The summed E-state index contributed by atoms with van der Waals surface area (Å²) in [6.45, 7) is -0.0772. The van der Waals surface area contributed by atoms with Crippen LogP contribution in [0.3, 0.4) is 0 Å². The van der Waals surface area contributed by atoms with Crippen molar-refractivity contribution in [3.63, 3.8) is 0 Å². The highest BCUT2D eigenvalue weighted by Gasteiger charge is 2.19. The number of nitrogens with one attached hydrogen (secondary N) is 1. The molecule has 1 aromatic carbocycles. The molecule has 8 heteroatoms.